The normalized spacial score (nSPS) is 35.4. The molecule has 4 nitrogen and oxygen atoms in total. The fourth-order valence-corrected chi connectivity index (χ4v) is 3.79. The Morgan fingerprint density at radius 2 is 1.67 bits per heavy atom. The lowest BCUT2D eigenvalue weighted by Gasteiger charge is -2.42. The average Bonchev–Trinajstić information content (AvgIpc) is 2.44. The van der Waals surface area contributed by atoms with Crippen LogP contribution in [-0.2, 0) is 19.1 Å². The molecule has 0 aromatic rings. The molecule has 0 aromatic heterocycles. The molecule has 0 bridgehead atoms. The van der Waals surface area contributed by atoms with E-state index < -0.39 is 0 Å². The van der Waals surface area contributed by atoms with Crippen molar-refractivity contribution in [3.05, 3.63) is 0 Å². The molecule has 2 saturated carbocycles. The van der Waals surface area contributed by atoms with E-state index in [0.29, 0.717) is 11.8 Å². The highest BCUT2D eigenvalue weighted by molar-refractivity contribution is 5.74. The Labute approximate surface area is 108 Å². The van der Waals surface area contributed by atoms with Gasteiger partial charge in [0, 0.05) is 0 Å². The Balaban J connectivity index is 2.02. The molecule has 4 unspecified atom stereocenters. The van der Waals surface area contributed by atoms with Gasteiger partial charge in [0.2, 0.25) is 0 Å². The summed E-state index contributed by atoms with van der Waals surface area (Å²) >= 11 is 0. The Kier molecular flexibility index (Phi) is 4.25. The smallest absolute Gasteiger partial charge is 0.308 e. The number of hydrogen-bond donors (Lipinski definition) is 0. The number of ether oxygens (including phenoxy) is 2. The van der Waals surface area contributed by atoms with Gasteiger partial charge in [0.05, 0.1) is 26.1 Å². The summed E-state index contributed by atoms with van der Waals surface area (Å²) in [5.74, 6) is 0.822. The second-order valence-electron chi connectivity index (χ2n) is 5.52. The van der Waals surface area contributed by atoms with Gasteiger partial charge in [-0.25, -0.2) is 0 Å². The number of esters is 2. The summed E-state index contributed by atoms with van der Waals surface area (Å²) in [5, 5.41) is 0. The Morgan fingerprint density at radius 1 is 0.944 bits per heavy atom. The maximum Gasteiger partial charge on any atom is 0.308 e. The van der Waals surface area contributed by atoms with Crippen LogP contribution < -0.4 is 0 Å². The van der Waals surface area contributed by atoms with Crippen LogP contribution in [0.5, 0.6) is 0 Å². The largest absolute Gasteiger partial charge is 0.469 e. The maximum absolute atomic E-state index is 11.8. The molecule has 0 radical (unpaired) electrons. The van der Waals surface area contributed by atoms with Crippen LogP contribution in [0.2, 0.25) is 0 Å². The van der Waals surface area contributed by atoms with E-state index in [1.165, 1.54) is 14.2 Å². The fourth-order valence-electron chi connectivity index (χ4n) is 3.79. The molecule has 2 fully saturated rings. The monoisotopic (exact) mass is 254 g/mol. The molecule has 0 heterocycles. The molecule has 18 heavy (non-hydrogen) atoms. The van der Waals surface area contributed by atoms with E-state index in [1.54, 1.807) is 0 Å². The third-order valence-electron chi connectivity index (χ3n) is 4.69. The maximum atomic E-state index is 11.8. The lowest BCUT2D eigenvalue weighted by molar-refractivity contribution is -0.153. The highest BCUT2D eigenvalue weighted by Crippen LogP contribution is 2.46. The third-order valence-corrected chi connectivity index (χ3v) is 4.69. The minimum Gasteiger partial charge on any atom is -0.469 e. The fraction of sp³-hybridized carbons (Fsp3) is 0.857. The zero-order chi connectivity index (χ0) is 13.1. The summed E-state index contributed by atoms with van der Waals surface area (Å²) in [6.07, 6.45) is 5.81. The molecule has 4 atom stereocenters. The first kappa shape index (κ1) is 13.4. The van der Waals surface area contributed by atoms with Gasteiger partial charge in [0.25, 0.3) is 0 Å². The van der Waals surface area contributed by atoms with Gasteiger partial charge in [-0.1, -0.05) is 12.8 Å². The van der Waals surface area contributed by atoms with Crippen molar-refractivity contribution in [1.29, 1.82) is 0 Å². The lowest BCUT2D eigenvalue weighted by atomic mass is 9.63. The molecule has 2 rings (SSSR count). The highest BCUT2D eigenvalue weighted by Gasteiger charge is 2.43. The van der Waals surface area contributed by atoms with Crippen LogP contribution in [0, 0.1) is 23.7 Å². The van der Waals surface area contributed by atoms with Crippen molar-refractivity contribution in [3.63, 3.8) is 0 Å². The van der Waals surface area contributed by atoms with Crippen molar-refractivity contribution >= 4 is 11.9 Å². The van der Waals surface area contributed by atoms with Crippen LogP contribution in [0.1, 0.15) is 38.5 Å². The van der Waals surface area contributed by atoms with Crippen LogP contribution in [0.3, 0.4) is 0 Å². The summed E-state index contributed by atoms with van der Waals surface area (Å²) in [6, 6.07) is 0. The molecular formula is C14H22O4. The quantitative estimate of drug-likeness (QED) is 0.709. The summed E-state index contributed by atoms with van der Waals surface area (Å²) in [6.45, 7) is 0. The summed E-state index contributed by atoms with van der Waals surface area (Å²) in [7, 11) is 2.92. The highest BCUT2D eigenvalue weighted by atomic mass is 16.5. The molecule has 102 valence electrons. The van der Waals surface area contributed by atoms with Crippen LogP contribution in [0.25, 0.3) is 0 Å². The van der Waals surface area contributed by atoms with Gasteiger partial charge in [-0.15, -0.1) is 0 Å². The average molecular weight is 254 g/mol. The molecule has 0 aromatic carbocycles. The molecule has 0 saturated heterocycles. The van der Waals surface area contributed by atoms with Crippen molar-refractivity contribution in [1.82, 2.24) is 0 Å². The second-order valence-corrected chi connectivity index (χ2v) is 5.52. The number of fused-ring (bicyclic) bond motifs is 1. The van der Waals surface area contributed by atoms with E-state index in [-0.39, 0.29) is 23.8 Å². The zero-order valence-electron chi connectivity index (χ0n) is 11.2. The molecule has 0 N–H and O–H groups in total. The first-order chi connectivity index (χ1) is 8.67. The van der Waals surface area contributed by atoms with Crippen molar-refractivity contribution < 1.29 is 19.1 Å². The topological polar surface area (TPSA) is 52.6 Å². The van der Waals surface area contributed by atoms with Gasteiger partial charge in [0.1, 0.15) is 0 Å². The minimum atomic E-state index is -0.0892. The van der Waals surface area contributed by atoms with Crippen molar-refractivity contribution in [3.8, 4) is 0 Å². The lowest BCUT2D eigenvalue weighted by Crippen LogP contribution is -2.39. The number of carbonyl (C=O) groups is 2. The third kappa shape index (κ3) is 2.52. The van der Waals surface area contributed by atoms with Crippen molar-refractivity contribution in [2.45, 2.75) is 38.5 Å². The Hall–Kier alpha value is -1.06. The van der Waals surface area contributed by atoms with E-state index in [1.807, 2.05) is 0 Å². The van der Waals surface area contributed by atoms with Crippen LogP contribution in [-0.4, -0.2) is 26.2 Å². The predicted molar refractivity (Wildman–Crippen MR) is 65.7 cm³/mol. The summed E-state index contributed by atoms with van der Waals surface area (Å²) < 4.78 is 9.74. The van der Waals surface area contributed by atoms with E-state index >= 15 is 0 Å². The number of rotatable bonds is 2. The standard InChI is InChI=1S/C14H22O4/c1-17-13(15)10-6-7-11-9(8-10)4-3-5-12(11)14(16)18-2/h9-12H,3-8H2,1-2H3. The van der Waals surface area contributed by atoms with Crippen LogP contribution >= 0.6 is 0 Å². The first-order valence-corrected chi connectivity index (χ1v) is 6.83. The summed E-state index contributed by atoms with van der Waals surface area (Å²) in [5.41, 5.74) is 0. The summed E-state index contributed by atoms with van der Waals surface area (Å²) in [4.78, 5) is 23.4. The van der Waals surface area contributed by atoms with E-state index in [2.05, 4.69) is 0 Å². The van der Waals surface area contributed by atoms with Crippen LogP contribution in [0.15, 0.2) is 0 Å². The van der Waals surface area contributed by atoms with Gasteiger partial charge < -0.3 is 9.47 Å². The van der Waals surface area contributed by atoms with E-state index in [4.69, 9.17) is 9.47 Å². The number of methoxy groups -OCH3 is 2. The Bertz CT molecular complexity index is 326. The molecule has 0 aliphatic heterocycles. The van der Waals surface area contributed by atoms with E-state index in [0.717, 1.165) is 38.5 Å². The zero-order valence-corrected chi connectivity index (χ0v) is 11.2. The van der Waals surface area contributed by atoms with Crippen molar-refractivity contribution in [2.24, 2.45) is 23.7 Å². The molecule has 0 spiro atoms. The van der Waals surface area contributed by atoms with Gasteiger partial charge in [-0.3, -0.25) is 9.59 Å². The van der Waals surface area contributed by atoms with Crippen LogP contribution in [0.4, 0.5) is 0 Å². The number of carbonyl (C=O) groups excluding carboxylic acids is 2. The predicted octanol–water partition coefficient (Wildman–Crippen LogP) is 2.17. The molecule has 0 amide bonds. The molecule has 4 heteroatoms. The van der Waals surface area contributed by atoms with Gasteiger partial charge in [-0.2, -0.15) is 0 Å². The van der Waals surface area contributed by atoms with E-state index in [9.17, 15) is 9.59 Å². The molecule has 2 aliphatic carbocycles. The molecule has 2 aliphatic rings. The molecular weight excluding hydrogens is 232 g/mol. The number of hydrogen-bond acceptors (Lipinski definition) is 4. The second kappa shape index (κ2) is 5.72. The minimum absolute atomic E-state index is 0.0349. The van der Waals surface area contributed by atoms with Crippen molar-refractivity contribution in [2.75, 3.05) is 14.2 Å². The Morgan fingerprint density at radius 3 is 2.33 bits per heavy atom. The van der Waals surface area contributed by atoms with Gasteiger partial charge >= 0.3 is 11.9 Å². The first-order valence-electron chi connectivity index (χ1n) is 6.83. The van der Waals surface area contributed by atoms with Gasteiger partial charge in [-0.05, 0) is 37.5 Å². The van der Waals surface area contributed by atoms with Gasteiger partial charge in [0.15, 0.2) is 0 Å². The SMILES string of the molecule is COC(=O)C1CCC2C(CCCC2C(=O)OC)C1.